The molecule has 0 radical (unpaired) electrons. The summed E-state index contributed by atoms with van der Waals surface area (Å²) in [5.41, 5.74) is 3.83. The Bertz CT molecular complexity index is 1060. The largest absolute Gasteiger partial charge is 0.373 e. The summed E-state index contributed by atoms with van der Waals surface area (Å²) in [4.78, 5) is 9.48. The molecule has 5 rings (SSSR count). The van der Waals surface area contributed by atoms with Gasteiger partial charge in [-0.25, -0.2) is 0 Å². The quantitative estimate of drug-likeness (QED) is 0.280. The van der Waals surface area contributed by atoms with E-state index in [1.165, 1.54) is 16.7 Å². The maximum atomic E-state index is 6.15. The lowest BCUT2D eigenvalue weighted by Gasteiger charge is -2.36. The molecule has 0 spiro atoms. The smallest absolute Gasteiger partial charge is 0.194 e. The second-order valence-corrected chi connectivity index (χ2v) is 8.76. The van der Waals surface area contributed by atoms with Crippen molar-refractivity contribution in [1.82, 2.24) is 24.9 Å². The second-order valence-electron chi connectivity index (χ2n) is 8.76. The summed E-state index contributed by atoms with van der Waals surface area (Å²) < 4.78 is 8.09. The summed E-state index contributed by atoms with van der Waals surface area (Å²) in [5.74, 6) is 0.935. The van der Waals surface area contributed by atoms with Crippen molar-refractivity contribution in [2.24, 2.45) is 4.99 Å². The highest BCUT2D eigenvalue weighted by atomic mass is 127. The van der Waals surface area contributed by atoms with Crippen LogP contribution in [0.2, 0.25) is 0 Å². The number of nitrogens with one attached hydrogen (secondary N) is 1. The van der Waals surface area contributed by atoms with Crippen LogP contribution >= 0.6 is 24.0 Å². The van der Waals surface area contributed by atoms with Gasteiger partial charge in [0, 0.05) is 52.2 Å². The molecule has 2 aromatic carbocycles. The van der Waals surface area contributed by atoms with Crippen molar-refractivity contribution in [3.8, 4) is 0 Å². The fraction of sp³-hybridized carbons (Fsp3) is 0.385. The lowest BCUT2D eigenvalue weighted by molar-refractivity contribution is -0.0502. The van der Waals surface area contributed by atoms with Crippen LogP contribution in [-0.4, -0.2) is 71.0 Å². The molecule has 2 saturated heterocycles. The Balaban J connectivity index is 0.00000274. The molecule has 34 heavy (non-hydrogen) atoms. The van der Waals surface area contributed by atoms with Gasteiger partial charge in [-0.2, -0.15) is 5.10 Å². The molecular formula is C26H33IN6O. The Labute approximate surface area is 218 Å². The molecule has 0 saturated carbocycles. The molecule has 8 heteroatoms. The number of hydrogen-bond donors (Lipinski definition) is 1. The lowest BCUT2D eigenvalue weighted by Crippen LogP contribution is -2.50. The molecule has 0 bridgehead atoms. The number of hydrogen-bond acceptors (Lipinski definition) is 4. The lowest BCUT2D eigenvalue weighted by atomic mass is 10.1. The topological polar surface area (TPSA) is 57.9 Å². The van der Waals surface area contributed by atoms with Crippen LogP contribution in [0.5, 0.6) is 0 Å². The zero-order valence-electron chi connectivity index (χ0n) is 19.6. The minimum Gasteiger partial charge on any atom is -0.373 e. The van der Waals surface area contributed by atoms with Crippen molar-refractivity contribution in [1.29, 1.82) is 0 Å². The van der Waals surface area contributed by atoms with E-state index in [4.69, 9.17) is 4.74 Å². The number of guanidine groups is 1. The number of halogens is 1. The summed E-state index contributed by atoms with van der Waals surface area (Å²) in [6, 6.07) is 21.7. The number of ether oxygens (including phenoxy) is 1. The SMILES string of the molecule is CN=C(NCc1cccc(Cn2cccn2)c1)N1CC2OCCN(Cc3ccccc3)C2C1.I. The van der Waals surface area contributed by atoms with E-state index in [0.29, 0.717) is 6.04 Å². The van der Waals surface area contributed by atoms with Crippen LogP contribution in [0.3, 0.4) is 0 Å². The zero-order valence-corrected chi connectivity index (χ0v) is 21.9. The Morgan fingerprint density at radius 1 is 1.03 bits per heavy atom. The van der Waals surface area contributed by atoms with Crippen molar-refractivity contribution in [3.63, 3.8) is 0 Å². The first-order valence-corrected chi connectivity index (χ1v) is 11.7. The number of benzene rings is 2. The third-order valence-electron chi connectivity index (χ3n) is 6.50. The number of aromatic nitrogens is 2. The van der Waals surface area contributed by atoms with Crippen molar-refractivity contribution >= 4 is 29.9 Å². The minimum absolute atomic E-state index is 0. The van der Waals surface area contributed by atoms with Crippen molar-refractivity contribution in [2.75, 3.05) is 33.3 Å². The van der Waals surface area contributed by atoms with Gasteiger partial charge in [-0.3, -0.25) is 14.6 Å². The van der Waals surface area contributed by atoms with Gasteiger partial charge in [0.05, 0.1) is 25.3 Å². The van der Waals surface area contributed by atoms with Crippen molar-refractivity contribution < 1.29 is 4.74 Å². The molecule has 2 unspecified atom stereocenters. The molecule has 2 aliphatic heterocycles. The predicted octanol–water partition coefficient (Wildman–Crippen LogP) is 3.21. The van der Waals surface area contributed by atoms with Gasteiger partial charge in [-0.1, -0.05) is 54.6 Å². The second kappa shape index (κ2) is 11.8. The molecule has 1 aromatic heterocycles. The van der Waals surface area contributed by atoms with Gasteiger partial charge in [0.1, 0.15) is 0 Å². The molecule has 3 heterocycles. The van der Waals surface area contributed by atoms with E-state index in [2.05, 4.69) is 79.8 Å². The van der Waals surface area contributed by atoms with Gasteiger partial charge in [-0.05, 0) is 22.8 Å². The van der Waals surface area contributed by atoms with E-state index in [-0.39, 0.29) is 30.1 Å². The van der Waals surface area contributed by atoms with Crippen LogP contribution in [0.15, 0.2) is 78.0 Å². The third-order valence-corrected chi connectivity index (χ3v) is 6.50. The Kier molecular flexibility index (Phi) is 8.58. The van der Waals surface area contributed by atoms with Crippen LogP contribution < -0.4 is 5.32 Å². The Morgan fingerprint density at radius 2 is 1.85 bits per heavy atom. The fourth-order valence-corrected chi connectivity index (χ4v) is 4.88. The maximum absolute atomic E-state index is 6.15. The van der Waals surface area contributed by atoms with Crippen molar-refractivity contribution in [3.05, 3.63) is 89.7 Å². The van der Waals surface area contributed by atoms with Gasteiger partial charge < -0.3 is 15.0 Å². The van der Waals surface area contributed by atoms with Gasteiger partial charge in [-0.15, -0.1) is 24.0 Å². The molecule has 2 fully saturated rings. The summed E-state index contributed by atoms with van der Waals surface area (Å²) in [6.45, 7) is 6.04. The number of aliphatic imine (C=N–C) groups is 1. The summed E-state index contributed by atoms with van der Waals surface area (Å²) >= 11 is 0. The van der Waals surface area contributed by atoms with E-state index < -0.39 is 0 Å². The van der Waals surface area contributed by atoms with Gasteiger partial charge in [0.2, 0.25) is 0 Å². The molecular weight excluding hydrogens is 539 g/mol. The van der Waals surface area contributed by atoms with Gasteiger partial charge in [0.25, 0.3) is 0 Å². The highest BCUT2D eigenvalue weighted by molar-refractivity contribution is 14.0. The summed E-state index contributed by atoms with van der Waals surface area (Å²) in [6.07, 6.45) is 4.02. The number of rotatable bonds is 6. The zero-order chi connectivity index (χ0) is 22.5. The van der Waals surface area contributed by atoms with Crippen LogP contribution in [0, 0.1) is 0 Å². The molecule has 7 nitrogen and oxygen atoms in total. The van der Waals surface area contributed by atoms with Crippen LogP contribution in [0.1, 0.15) is 16.7 Å². The Morgan fingerprint density at radius 3 is 2.65 bits per heavy atom. The van der Waals surface area contributed by atoms with Crippen LogP contribution in [0.25, 0.3) is 0 Å². The summed E-state index contributed by atoms with van der Waals surface area (Å²) in [5, 5.41) is 7.88. The molecule has 180 valence electrons. The van der Waals surface area contributed by atoms with Crippen LogP contribution in [0.4, 0.5) is 0 Å². The Hall–Kier alpha value is -2.43. The fourth-order valence-electron chi connectivity index (χ4n) is 4.88. The average Bonchev–Trinajstić information content (AvgIpc) is 3.51. The molecule has 1 N–H and O–H groups in total. The van der Waals surface area contributed by atoms with Crippen LogP contribution in [-0.2, 0) is 24.4 Å². The number of likely N-dealkylation sites (tertiary alicyclic amines) is 1. The number of nitrogens with zero attached hydrogens (tertiary/aromatic N) is 5. The first kappa shape index (κ1) is 24.7. The highest BCUT2D eigenvalue weighted by Crippen LogP contribution is 2.24. The van der Waals surface area contributed by atoms with Gasteiger partial charge >= 0.3 is 0 Å². The molecule has 2 aliphatic rings. The average molecular weight is 572 g/mol. The monoisotopic (exact) mass is 572 g/mol. The standard InChI is InChI=1S/C26H32N6O.HI/c1-27-26(28-16-22-9-5-10-23(15-22)18-32-12-6-11-29-32)31-19-24-25(20-31)33-14-13-30(24)17-21-7-3-2-4-8-21;/h2-12,15,24-25H,13-14,16-20H2,1H3,(H,27,28);1H. The first-order valence-electron chi connectivity index (χ1n) is 11.7. The molecule has 0 amide bonds. The minimum atomic E-state index is 0. The van der Waals surface area contributed by atoms with Gasteiger partial charge in [0.15, 0.2) is 5.96 Å². The van der Waals surface area contributed by atoms with E-state index in [9.17, 15) is 0 Å². The molecule has 0 aliphatic carbocycles. The maximum Gasteiger partial charge on any atom is 0.194 e. The van der Waals surface area contributed by atoms with E-state index in [1.54, 1.807) is 0 Å². The van der Waals surface area contributed by atoms with E-state index in [0.717, 1.165) is 51.8 Å². The highest BCUT2D eigenvalue weighted by Gasteiger charge is 2.41. The summed E-state index contributed by atoms with van der Waals surface area (Å²) in [7, 11) is 1.86. The number of fused-ring (bicyclic) bond motifs is 1. The third kappa shape index (κ3) is 5.97. The molecule has 3 aromatic rings. The first-order chi connectivity index (χ1) is 16.3. The van der Waals surface area contributed by atoms with E-state index >= 15 is 0 Å². The number of morpholine rings is 1. The normalized spacial score (nSPS) is 20.6. The van der Waals surface area contributed by atoms with E-state index in [1.807, 2.05) is 30.2 Å². The predicted molar refractivity (Wildman–Crippen MR) is 145 cm³/mol. The molecule has 2 atom stereocenters. The van der Waals surface area contributed by atoms with Crippen molar-refractivity contribution in [2.45, 2.75) is 31.8 Å².